The lowest BCUT2D eigenvalue weighted by Gasteiger charge is -2.07. The number of hydrogen-bond acceptors (Lipinski definition) is 4. The SMILES string of the molecule is COCCS(=O)(=O)NCCC(C)N.Cl. The summed E-state index contributed by atoms with van der Waals surface area (Å²) in [6.45, 7) is 2.45. The van der Waals surface area contributed by atoms with Crippen molar-refractivity contribution in [3.63, 3.8) is 0 Å². The van der Waals surface area contributed by atoms with Gasteiger partial charge in [-0.05, 0) is 13.3 Å². The number of nitrogens with one attached hydrogen (secondary N) is 1. The fraction of sp³-hybridized carbons (Fsp3) is 1.00. The lowest BCUT2D eigenvalue weighted by Crippen LogP contribution is -2.31. The first-order chi connectivity index (χ1) is 5.98. The van der Waals surface area contributed by atoms with Gasteiger partial charge in [0.1, 0.15) is 0 Å². The van der Waals surface area contributed by atoms with Gasteiger partial charge in [0.2, 0.25) is 10.0 Å². The Balaban J connectivity index is 0. The van der Waals surface area contributed by atoms with Crippen LogP contribution in [0.1, 0.15) is 13.3 Å². The molecule has 0 amide bonds. The molecule has 1 atom stereocenters. The predicted molar refractivity (Wildman–Crippen MR) is 59.2 cm³/mol. The van der Waals surface area contributed by atoms with E-state index in [4.69, 9.17) is 5.73 Å². The van der Waals surface area contributed by atoms with Crippen molar-refractivity contribution in [1.29, 1.82) is 0 Å². The fourth-order valence-electron chi connectivity index (χ4n) is 0.707. The highest BCUT2D eigenvalue weighted by Gasteiger charge is 2.08. The van der Waals surface area contributed by atoms with Crippen molar-refractivity contribution in [2.45, 2.75) is 19.4 Å². The maximum Gasteiger partial charge on any atom is 0.213 e. The molecule has 0 aromatic rings. The number of hydrogen-bond donors (Lipinski definition) is 2. The highest BCUT2D eigenvalue weighted by Crippen LogP contribution is 1.88. The van der Waals surface area contributed by atoms with Gasteiger partial charge in [-0.2, -0.15) is 0 Å². The third kappa shape index (κ3) is 10.2. The lowest BCUT2D eigenvalue weighted by atomic mass is 10.3. The van der Waals surface area contributed by atoms with E-state index < -0.39 is 10.0 Å². The van der Waals surface area contributed by atoms with Crippen molar-refractivity contribution in [2.75, 3.05) is 26.0 Å². The highest BCUT2D eigenvalue weighted by atomic mass is 35.5. The van der Waals surface area contributed by atoms with E-state index >= 15 is 0 Å². The molecule has 88 valence electrons. The summed E-state index contributed by atoms with van der Waals surface area (Å²) in [4.78, 5) is 0. The molecule has 0 aliphatic carbocycles. The second-order valence-electron chi connectivity index (χ2n) is 2.97. The molecule has 0 saturated carbocycles. The van der Waals surface area contributed by atoms with E-state index in [0.29, 0.717) is 13.0 Å². The summed E-state index contributed by atoms with van der Waals surface area (Å²) in [5.74, 6) is 0.00243. The second kappa shape index (κ2) is 8.43. The third-order valence-corrected chi connectivity index (χ3v) is 2.83. The molecule has 7 heteroatoms. The summed E-state index contributed by atoms with van der Waals surface area (Å²) >= 11 is 0. The zero-order chi connectivity index (χ0) is 10.3. The third-order valence-electron chi connectivity index (χ3n) is 1.48. The summed E-state index contributed by atoms with van der Waals surface area (Å²) < 4.78 is 29.4. The van der Waals surface area contributed by atoms with E-state index in [1.54, 1.807) is 0 Å². The van der Waals surface area contributed by atoms with Gasteiger partial charge in [0, 0.05) is 19.7 Å². The van der Waals surface area contributed by atoms with Crippen molar-refractivity contribution in [1.82, 2.24) is 4.72 Å². The van der Waals surface area contributed by atoms with E-state index in [1.165, 1.54) is 7.11 Å². The number of ether oxygens (including phenoxy) is 1. The molecule has 0 aromatic heterocycles. The van der Waals surface area contributed by atoms with E-state index in [0.717, 1.165) is 0 Å². The molecule has 5 nitrogen and oxygen atoms in total. The Bertz CT molecular complexity index is 219. The van der Waals surface area contributed by atoms with Crippen LogP contribution in [-0.2, 0) is 14.8 Å². The summed E-state index contributed by atoms with van der Waals surface area (Å²) in [5, 5.41) is 0. The minimum absolute atomic E-state index is 0. The molecular formula is C7H19ClN2O3S. The first-order valence-electron chi connectivity index (χ1n) is 4.20. The molecule has 0 heterocycles. The fourth-order valence-corrected chi connectivity index (χ4v) is 1.67. The van der Waals surface area contributed by atoms with Gasteiger partial charge in [-0.1, -0.05) is 0 Å². The zero-order valence-electron chi connectivity index (χ0n) is 8.52. The Labute approximate surface area is 91.8 Å². The average Bonchev–Trinajstić information content (AvgIpc) is 2.00. The Kier molecular flexibility index (Phi) is 9.96. The van der Waals surface area contributed by atoms with Crippen molar-refractivity contribution in [3.05, 3.63) is 0 Å². The maximum atomic E-state index is 11.1. The van der Waals surface area contributed by atoms with Gasteiger partial charge >= 0.3 is 0 Å². The molecule has 0 fully saturated rings. The van der Waals surface area contributed by atoms with Crippen LogP contribution in [0.2, 0.25) is 0 Å². The van der Waals surface area contributed by atoms with Crippen LogP contribution in [0, 0.1) is 0 Å². The summed E-state index contributed by atoms with van der Waals surface area (Å²) in [5.41, 5.74) is 5.46. The monoisotopic (exact) mass is 246 g/mol. The van der Waals surface area contributed by atoms with Crippen molar-refractivity contribution in [3.8, 4) is 0 Å². The van der Waals surface area contributed by atoms with Crippen LogP contribution in [0.4, 0.5) is 0 Å². The number of sulfonamides is 1. The molecule has 0 rings (SSSR count). The number of halogens is 1. The molecule has 0 aliphatic heterocycles. The van der Waals surface area contributed by atoms with Gasteiger partial charge in [-0.3, -0.25) is 0 Å². The topological polar surface area (TPSA) is 81.4 Å². The number of rotatable bonds is 7. The molecule has 0 radical (unpaired) electrons. The normalized spacial score (nSPS) is 13.4. The maximum absolute atomic E-state index is 11.1. The lowest BCUT2D eigenvalue weighted by molar-refractivity contribution is 0.217. The summed E-state index contributed by atoms with van der Waals surface area (Å²) in [6, 6.07) is 0.0186. The van der Waals surface area contributed by atoms with E-state index in [-0.39, 0.29) is 30.8 Å². The summed E-state index contributed by atoms with van der Waals surface area (Å²) in [7, 11) is -1.70. The average molecular weight is 247 g/mol. The highest BCUT2D eigenvalue weighted by molar-refractivity contribution is 7.89. The Morgan fingerprint density at radius 3 is 2.50 bits per heavy atom. The molecule has 1 unspecified atom stereocenters. The minimum Gasteiger partial charge on any atom is -0.384 e. The first-order valence-corrected chi connectivity index (χ1v) is 5.85. The number of nitrogens with two attached hydrogens (primary N) is 1. The van der Waals surface area contributed by atoms with Crippen molar-refractivity contribution in [2.24, 2.45) is 5.73 Å². The van der Waals surface area contributed by atoms with Gasteiger partial charge in [0.05, 0.1) is 12.4 Å². The van der Waals surface area contributed by atoms with Gasteiger partial charge in [-0.25, -0.2) is 13.1 Å². The van der Waals surface area contributed by atoms with Crippen LogP contribution in [0.25, 0.3) is 0 Å². The Morgan fingerprint density at radius 2 is 2.07 bits per heavy atom. The minimum atomic E-state index is -3.17. The van der Waals surface area contributed by atoms with Crippen LogP contribution in [0.3, 0.4) is 0 Å². The van der Waals surface area contributed by atoms with Gasteiger partial charge in [0.25, 0.3) is 0 Å². The van der Waals surface area contributed by atoms with Crippen LogP contribution in [0.5, 0.6) is 0 Å². The first kappa shape index (κ1) is 16.5. The quantitative estimate of drug-likeness (QED) is 0.647. The van der Waals surface area contributed by atoms with E-state index in [2.05, 4.69) is 9.46 Å². The standard InChI is InChI=1S/C7H18N2O3S.ClH/c1-7(8)3-4-9-13(10,11)6-5-12-2;/h7,9H,3-6,8H2,1-2H3;1H. The van der Waals surface area contributed by atoms with Crippen molar-refractivity contribution >= 4 is 22.4 Å². The predicted octanol–water partition coefficient (Wildman–Crippen LogP) is -0.289. The summed E-state index contributed by atoms with van der Waals surface area (Å²) in [6.07, 6.45) is 0.645. The van der Waals surface area contributed by atoms with Crippen LogP contribution in [-0.4, -0.2) is 40.5 Å². The smallest absolute Gasteiger partial charge is 0.213 e. The molecule has 0 aliphatic rings. The van der Waals surface area contributed by atoms with Crippen LogP contribution < -0.4 is 10.5 Å². The zero-order valence-corrected chi connectivity index (χ0v) is 10.2. The number of methoxy groups -OCH3 is 1. The molecular weight excluding hydrogens is 228 g/mol. The molecule has 0 saturated heterocycles. The Morgan fingerprint density at radius 1 is 1.50 bits per heavy atom. The second-order valence-corrected chi connectivity index (χ2v) is 4.90. The van der Waals surface area contributed by atoms with E-state index in [1.807, 2.05) is 6.92 Å². The van der Waals surface area contributed by atoms with Crippen LogP contribution in [0.15, 0.2) is 0 Å². The largest absolute Gasteiger partial charge is 0.384 e. The molecule has 0 aromatic carbocycles. The van der Waals surface area contributed by atoms with Gasteiger partial charge in [0.15, 0.2) is 0 Å². The molecule has 0 bridgehead atoms. The Hall–Kier alpha value is 0.120. The molecule has 3 N–H and O–H groups in total. The van der Waals surface area contributed by atoms with Crippen LogP contribution >= 0.6 is 12.4 Å². The molecule has 14 heavy (non-hydrogen) atoms. The van der Waals surface area contributed by atoms with E-state index in [9.17, 15) is 8.42 Å². The molecule has 0 spiro atoms. The van der Waals surface area contributed by atoms with Gasteiger partial charge < -0.3 is 10.5 Å². The van der Waals surface area contributed by atoms with Crippen molar-refractivity contribution < 1.29 is 13.2 Å². The van der Waals surface area contributed by atoms with Gasteiger partial charge in [-0.15, -0.1) is 12.4 Å².